The number of rotatable bonds is 7. The summed E-state index contributed by atoms with van der Waals surface area (Å²) in [5, 5.41) is 0. The molecule has 0 amide bonds. The molecule has 0 fully saturated rings. The quantitative estimate of drug-likeness (QED) is 0.259. The zero-order valence-electron chi connectivity index (χ0n) is 13.9. The Bertz CT molecular complexity index is 632. The topological polar surface area (TPSA) is 0 Å². The summed E-state index contributed by atoms with van der Waals surface area (Å²) in [6.45, 7) is 0. The normalized spacial score (nSPS) is 18.6. The molecule has 188 valence electrons. The van der Waals surface area contributed by atoms with Gasteiger partial charge in [0.15, 0.2) is 0 Å². The van der Waals surface area contributed by atoms with Crippen LogP contribution in [0, 0.1) is 0 Å². The molecule has 0 aromatic heterocycles. The van der Waals surface area contributed by atoms with Crippen molar-refractivity contribution in [2.75, 3.05) is 0 Å². The number of alkyl halides is 21. The fraction of sp³-hybridized carbons (Fsp3) is 1.00. The van der Waals surface area contributed by atoms with Crippen molar-refractivity contribution in [3.05, 3.63) is 0 Å². The Morgan fingerprint density at radius 3 is 0.625 bits per heavy atom. The van der Waals surface area contributed by atoms with Gasteiger partial charge in [0.1, 0.15) is 0 Å². The van der Waals surface area contributed by atoms with Crippen LogP contribution in [0.5, 0.6) is 0 Å². The molecule has 32 heavy (non-hydrogen) atoms. The van der Waals surface area contributed by atoms with Crippen molar-refractivity contribution >= 4 is 27.9 Å². The fourth-order valence-corrected chi connectivity index (χ4v) is 1.95. The average molecular weight is 542 g/mol. The minimum atomic E-state index is -9.06. The van der Waals surface area contributed by atoms with Crippen LogP contribution in [0.15, 0.2) is 0 Å². The van der Waals surface area contributed by atoms with E-state index in [-0.39, 0.29) is 0 Å². The van der Waals surface area contributed by atoms with Gasteiger partial charge >= 0.3 is 177 Å². The van der Waals surface area contributed by atoms with E-state index in [1.165, 1.54) is 0 Å². The third kappa shape index (κ3) is 3.71. The molecule has 0 bridgehead atoms. The molecular weight excluding hydrogens is 542 g/mol. The van der Waals surface area contributed by atoms with Crippen LogP contribution >= 0.6 is 0 Å². The zero-order chi connectivity index (χ0) is 27.0. The molecule has 0 aliphatic rings. The van der Waals surface area contributed by atoms with Gasteiger partial charge < -0.3 is 0 Å². The van der Waals surface area contributed by atoms with E-state index in [0.29, 0.717) is 0 Å². The van der Waals surface area contributed by atoms with Crippen molar-refractivity contribution in [1.82, 2.24) is 0 Å². The van der Waals surface area contributed by atoms with Crippen LogP contribution in [0.2, 0.25) is 0 Å². The molecule has 0 spiro atoms. The predicted molar refractivity (Wildman–Crippen MR) is 56.3 cm³/mol. The van der Waals surface area contributed by atoms with Crippen molar-refractivity contribution in [2.45, 2.75) is 56.7 Å². The first kappa shape index (κ1) is 31.5. The van der Waals surface area contributed by atoms with Gasteiger partial charge in [0.25, 0.3) is 0 Å². The molecule has 0 N–H and O–H groups in total. The summed E-state index contributed by atoms with van der Waals surface area (Å²) in [6, 6.07) is 0. The number of hydrogen-bond donors (Lipinski definition) is 0. The molecule has 1 atom stereocenters. The molecule has 22 heteroatoms. The second kappa shape index (κ2) is 7.51. The summed E-state index contributed by atoms with van der Waals surface area (Å²) >= 11 is -3.02. The fourth-order valence-electron chi connectivity index (χ4n) is 1.64. The number of halogens is 21. The first-order valence-electron chi connectivity index (χ1n) is 6.72. The van der Waals surface area contributed by atoms with Gasteiger partial charge in [0, 0.05) is 0 Å². The van der Waals surface area contributed by atoms with E-state index in [1.54, 1.807) is 0 Å². The second-order valence-electron chi connectivity index (χ2n) is 6.02. The third-order valence-electron chi connectivity index (χ3n) is 3.84. The van der Waals surface area contributed by atoms with Crippen molar-refractivity contribution in [3.8, 4) is 0 Å². The Labute approximate surface area is 177 Å². The van der Waals surface area contributed by atoms with E-state index in [2.05, 4.69) is 0 Å². The van der Waals surface area contributed by atoms with Gasteiger partial charge in [0.05, 0.1) is 0 Å². The summed E-state index contributed by atoms with van der Waals surface area (Å²) < 4.78 is 261. The summed E-state index contributed by atoms with van der Waals surface area (Å²) in [4.78, 5) is 0. The number of hydrogen-bond acceptors (Lipinski definition) is 0. The van der Waals surface area contributed by atoms with E-state index >= 15 is 0 Å². The van der Waals surface area contributed by atoms with Crippen LogP contribution in [-0.4, -0.2) is 84.7 Å². The van der Waals surface area contributed by atoms with Crippen LogP contribution < -0.4 is 0 Å². The summed E-state index contributed by atoms with van der Waals surface area (Å²) in [6.07, 6.45) is -15.3. The summed E-state index contributed by atoms with van der Waals surface area (Å²) in [5.41, 5.74) is 0. The first-order chi connectivity index (χ1) is 13.2. The SMILES string of the molecule is FC(F)(F)C(F)(F)C(F)(F)C(F)(F)C(F)(F)C(F)(F)C(F)(F)C(F)(F)[C](F)([Na])C(F)(F)F. The second-order valence-corrected chi connectivity index (χ2v) is 7.40. The van der Waals surface area contributed by atoms with E-state index in [9.17, 15) is 92.2 Å². The molecular formula is C10F21Na. The molecule has 0 saturated heterocycles. The monoisotopic (exact) mass is 542 g/mol. The summed E-state index contributed by atoms with van der Waals surface area (Å²) in [7, 11) is 0. The van der Waals surface area contributed by atoms with Crippen LogP contribution in [0.4, 0.5) is 92.2 Å². The van der Waals surface area contributed by atoms with E-state index in [1.807, 2.05) is 0 Å². The van der Waals surface area contributed by atoms with Crippen LogP contribution in [0.1, 0.15) is 0 Å². The van der Waals surface area contributed by atoms with Crippen LogP contribution in [-0.2, 0) is 0 Å². The Balaban J connectivity index is 7.00. The standard InChI is InChI=1S/C10F21.Na/c11-1(3(14,15)16)2(12,13)4(17,18)5(19,20)6(21,22)7(23,24)8(25,26)9(27,28)10(29,30)31;. The molecule has 0 aromatic rings. The minimum absolute atomic E-state index is 3.02. The molecule has 0 aromatic carbocycles. The van der Waals surface area contributed by atoms with Crippen LogP contribution in [0.25, 0.3) is 0 Å². The molecule has 0 radical (unpaired) electrons. The molecule has 0 aliphatic heterocycles. The molecule has 0 saturated carbocycles. The van der Waals surface area contributed by atoms with Gasteiger partial charge in [-0.15, -0.1) is 0 Å². The van der Waals surface area contributed by atoms with Crippen molar-refractivity contribution in [1.29, 1.82) is 0 Å². The third-order valence-corrected chi connectivity index (χ3v) is 5.04. The van der Waals surface area contributed by atoms with E-state index in [0.717, 1.165) is 0 Å². The maximum atomic E-state index is 13.3. The molecule has 0 heterocycles. The van der Waals surface area contributed by atoms with Gasteiger partial charge in [-0.2, -0.15) is 0 Å². The Morgan fingerprint density at radius 1 is 0.250 bits per heavy atom. The van der Waals surface area contributed by atoms with Crippen molar-refractivity contribution < 1.29 is 92.2 Å². The maximum absolute atomic E-state index is 13.3. The van der Waals surface area contributed by atoms with Gasteiger partial charge in [-0.3, -0.25) is 0 Å². The molecule has 0 nitrogen and oxygen atoms in total. The average Bonchev–Trinajstić information content (AvgIpc) is 2.51. The van der Waals surface area contributed by atoms with Crippen molar-refractivity contribution in [2.24, 2.45) is 0 Å². The summed E-state index contributed by atoms with van der Waals surface area (Å²) in [5.74, 6) is -61.1. The molecule has 0 rings (SSSR count). The Kier molecular flexibility index (Phi) is 7.40. The van der Waals surface area contributed by atoms with Gasteiger partial charge in [-0.25, -0.2) is 0 Å². The Morgan fingerprint density at radius 2 is 0.438 bits per heavy atom. The van der Waals surface area contributed by atoms with Gasteiger partial charge in [-0.1, -0.05) is 0 Å². The zero-order valence-corrected chi connectivity index (χ0v) is 15.9. The van der Waals surface area contributed by atoms with E-state index in [4.69, 9.17) is 0 Å². The molecule has 1 unspecified atom stereocenters. The first-order valence-corrected chi connectivity index (χ1v) is 7.72. The van der Waals surface area contributed by atoms with Crippen molar-refractivity contribution in [3.63, 3.8) is 0 Å². The van der Waals surface area contributed by atoms with Gasteiger partial charge in [-0.05, 0) is 0 Å². The van der Waals surface area contributed by atoms with Gasteiger partial charge in [0.2, 0.25) is 0 Å². The Hall–Kier alpha value is -0.470. The molecule has 0 aliphatic carbocycles. The predicted octanol–water partition coefficient (Wildman–Crippen LogP) is 6.39. The van der Waals surface area contributed by atoms with Crippen LogP contribution in [0.3, 0.4) is 0 Å². The van der Waals surface area contributed by atoms with E-state index < -0.39 is 84.7 Å².